The van der Waals surface area contributed by atoms with E-state index in [0.29, 0.717) is 12.3 Å². The molecule has 0 aliphatic carbocycles. The van der Waals surface area contributed by atoms with E-state index >= 15 is 0 Å². The highest BCUT2D eigenvalue weighted by atomic mass is 16.5. The molecule has 5 nitrogen and oxygen atoms in total. The van der Waals surface area contributed by atoms with Crippen LogP contribution < -0.4 is 15.0 Å². The highest BCUT2D eigenvalue weighted by Gasteiger charge is 2.12. The number of carbonyl (C=O) groups excluding carboxylic acids is 1. The van der Waals surface area contributed by atoms with Gasteiger partial charge in [0.25, 0.3) is 0 Å². The molecule has 0 aliphatic heterocycles. The Hall–Kier alpha value is -2.53. The molecule has 2 rings (SSSR count). The SMILES string of the molecule is CC(=O)Nc1ccc(OCC(O)CN(C)c2cccc(C)c2C)cc1. The van der Waals surface area contributed by atoms with Crippen molar-refractivity contribution in [1.82, 2.24) is 0 Å². The number of hydrogen-bond acceptors (Lipinski definition) is 4. The maximum absolute atomic E-state index is 11.0. The number of carbonyl (C=O) groups is 1. The average Bonchev–Trinajstić information content (AvgIpc) is 2.56. The second kappa shape index (κ2) is 8.53. The fraction of sp³-hybridized carbons (Fsp3) is 0.350. The van der Waals surface area contributed by atoms with Gasteiger partial charge in [0, 0.05) is 31.9 Å². The maximum Gasteiger partial charge on any atom is 0.221 e. The van der Waals surface area contributed by atoms with Crippen LogP contribution in [0.25, 0.3) is 0 Å². The molecule has 0 saturated heterocycles. The Bertz CT molecular complexity index is 713. The van der Waals surface area contributed by atoms with Gasteiger partial charge in [0.15, 0.2) is 0 Å². The number of rotatable bonds is 7. The summed E-state index contributed by atoms with van der Waals surface area (Å²) in [6.07, 6.45) is -0.611. The second-order valence-corrected chi connectivity index (χ2v) is 6.27. The van der Waals surface area contributed by atoms with E-state index in [1.807, 2.05) is 18.0 Å². The predicted octanol–water partition coefficient (Wildman–Crippen LogP) is 3.14. The van der Waals surface area contributed by atoms with Crippen molar-refractivity contribution in [2.24, 2.45) is 0 Å². The van der Waals surface area contributed by atoms with E-state index in [-0.39, 0.29) is 12.5 Å². The first-order valence-corrected chi connectivity index (χ1v) is 8.32. The van der Waals surface area contributed by atoms with E-state index in [1.165, 1.54) is 18.1 Å². The minimum Gasteiger partial charge on any atom is -0.491 e. The molecular formula is C20H26N2O3. The first-order chi connectivity index (χ1) is 11.9. The quantitative estimate of drug-likeness (QED) is 0.811. The zero-order valence-electron chi connectivity index (χ0n) is 15.2. The summed E-state index contributed by atoms with van der Waals surface area (Å²) in [6.45, 7) is 6.31. The zero-order valence-corrected chi connectivity index (χ0v) is 15.2. The van der Waals surface area contributed by atoms with Crippen LogP contribution in [0.2, 0.25) is 0 Å². The Morgan fingerprint density at radius 1 is 1.20 bits per heavy atom. The molecule has 0 saturated carbocycles. The van der Waals surface area contributed by atoms with E-state index in [2.05, 4.69) is 31.3 Å². The molecule has 1 amide bonds. The summed E-state index contributed by atoms with van der Waals surface area (Å²) < 4.78 is 5.63. The highest BCUT2D eigenvalue weighted by molar-refractivity contribution is 5.88. The summed E-state index contributed by atoms with van der Waals surface area (Å²) in [5.41, 5.74) is 4.27. The molecule has 1 atom stereocenters. The zero-order chi connectivity index (χ0) is 18.4. The highest BCUT2D eigenvalue weighted by Crippen LogP contribution is 2.22. The lowest BCUT2D eigenvalue weighted by molar-refractivity contribution is -0.114. The van der Waals surface area contributed by atoms with Crippen molar-refractivity contribution in [3.63, 3.8) is 0 Å². The molecule has 2 N–H and O–H groups in total. The van der Waals surface area contributed by atoms with Gasteiger partial charge in [-0.3, -0.25) is 4.79 Å². The van der Waals surface area contributed by atoms with Gasteiger partial charge in [-0.1, -0.05) is 12.1 Å². The standard InChI is InChI=1S/C20H26N2O3/c1-14-6-5-7-20(15(14)2)22(4)12-18(24)13-25-19-10-8-17(9-11-19)21-16(3)23/h5-11,18,24H,12-13H2,1-4H3,(H,21,23). The van der Waals surface area contributed by atoms with Gasteiger partial charge in [0.05, 0.1) is 0 Å². The number of hydrogen-bond donors (Lipinski definition) is 2. The molecule has 0 heterocycles. The topological polar surface area (TPSA) is 61.8 Å². The van der Waals surface area contributed by atoms with Crippen LogP contribution in [0.4, 0.5) is 11.4 Å². The van der Waals surface area contributed by atoms with Gasteiger partial charge in [-0.15, -0.1) is 0 Å². The van der Waals surface area contributed by atoms with Gasteiger partial charge in [0.2, 0.25) is 5.91 Å². The lowest BCUT2D eigenvalue weighted by atomic mass is 10.1. The van der Waals surface area contributed by atoms with Crippen molar-refractivity contribution in [3.8, 4) is 5.75 Å². The van der Waals surface area contributed by atoms with Gasteiger partial charge in [-0.05, 0) is 55.3 Å². The van der Waals surface area contributed by atoms with E-state index < -0.39 is 6.10 Å². The van der Waals surface area contributed by atoms with Crippen LogP contribution in [0.15, 0.2) is 42.5 Å². The number of aryl methyl sites for hydroxylation is 1. The molecule has 2 aromatic carbocycles. The monoisotopic (exact) mass is 342 g/mol. The van der Waals surface area contributed by atoms with Gasteiger partial charge in [-0.25, -0.2) is 0 Å². The number of aliphatic hydroxyl groups excluding tert-OH is 1. The third kappa shape index (κ3) is 5.50. The van der Waals surface area contributed by atoms with E-state index in [0.717, 1.165) is 11.4 Å². The average molecular weight is 342 g/mol. The molecule has 0 fully saturated rings. The molecule has 5 heteroatoms. The van der Waals surface area contributed by atoms with Crippen LogP contribution >= 0.6 is 0 Å². The maximum atomic E-state index is 11.0. The van der Waals surface area contributed by atoms with Crippen molar-refractivity contribution in [3.05, 3.63) is 53.6 Å². The molecule has 25 heavy (non-hydrogen) atoms. The number of likely N-dealkylation sites (N-methyl/N-ethyl adjacent to an activating group) is 1. The molecule has 0 bridgehead atoms. The second-order valence-electron chi connectivity index (χ2n) is 6.27. The van der Waals surface area contributed by atoms with Gasteiger partial charge in [-0.2, -0.15) is 0 Å². The minimum absolute atomic E-state index is 0.112. The Morgan fingerprint density at radius 3 is 2.52 bits per heavy atom. The number of nitrogens with zero attached hydrogens (tertiary/aromatic N) is 1. The van der Waals surface area contributed by atoms with Crippen LogP contribution in [-0.4, -0.2) is 37.3 Å². The molecule has 0 aliphatic rings. The number of ether oxygens (including phenoxy) is 1. The molecule has 134 valence electrons. The molecule has 0 aromatic heterocycles. The van der Waals surface area contributed by atoms with Gasteiger partial charge < -0.3 is 20.1 Å². The van der Waals surface area contributed by atoms with Crippen molar-refractivity contribution >= 4 is 17.3 Å². The van der Waals surface area contributed by atoms with Crippen LogP contribution in [0.3, 0.4) is 0 Å². The largest absolute Gasteiger partial charge is 0.491 e. The third-order valence-corrected chi connectivity index (χ3v) is 4.09. The number of amides is 1. The van der Waals surface area contributed by atoms with Crippen LogP contribution in [0.1, 0.15) is 18.1 Å². The van der Waals surface area contributed by atoms with Crippen molar-refractivity contribution in [1.29, 1.82) is 0 Å². The number of nitrogens with one attached hydrogen (secondary N) is 1. The van der Waals surface area contributed by atoms with E-state index in [1.54, 1.807) is 24.3 Å². The Labute approximate surface area is 149 Å². The smallest absolute Gasteiger partial charge is 0.221 e. The molecule has 0 spiro atoms. The summed E-state index contributed by atoms with van der Waals surface area (Å²) in [6, 6.07) is 13.2. The van der Waals surface area contributed by atoms with Crippen molar-refractivity contribution in [2.75, 3.05) is 30.4 Å². The van der Waals surface area contributed by atoms with Crippen LogP contribution in [0.5, 0.6) is 5.75 Å². The summed E-state index contributed by atoms with van der Waals surface area (Å²) in [7, 11) is 1.97. The number of anilines is 2. The Morgan fingerprint density at radius 2 is 1.88 bits per heavy atom. The van der Waals surface area contributed by atoms with E-state index in [4.69, 9.17) is 4.74 Å². The summed E-state index contributed by atoms with van der Waals surface area (Å²) in [5, 5.41) is 13.0. The lowest BCUT2D eigenvalue weighted by Gasteiger charge is -2.25. The first-order valence-electron chi connectivity index (χ1n) is 8.32. The van der Waals surface area contributed by atoms with Crippen LogP contribution in [0, 0.1) is 13.8 Å². The summed E-state index contributed by atoms with van der Waals surface area (Å²) in [4.78, 5) is 13.0. The molecule has 2 aromatic rings. The van der Waals surface area contributed by atoms with Crippen LogP contribution in [-0.2, 0) is 4.79 Å². The van der Waals surface area contributed by atoms with Crippen molar-refractivity contribution < 1.29 is 14.6 Å². The summed E-state index contributed by atoms with van der Waals surface area (Å²) >= 11 is 0. The summed E-state index contributed by atoms with van der Waals surface area (Å²) in [5.74, 6) is 0.543. The fourth-order valence-electron chi connectivity index (χ4n) is 2.65. The normalized spacial score (nSPS) is 11.7. The number of benzene rings is 2. The Kier molecular flexibility index (Phi) is 6.42. The Balaban J connectivity index is 1.86. The fourth-order valence-corrected chi connectivity index (χ4v) is 2.65. The lowest BCUT2D eigenvalue weighted by Crippen LogP contribution is -2.33. The third-order valence-electron chi connectivity index (χ3n) is 4.09. The molecule has 0 radical (unpaired) electrons. The first kappa shape index (κ1) is 18.8. The number of aliphatic hydroxyl groups is 1. The van der Waals surface area contributed by atoms with Crippen molar-refractivity contribution in [2.45, 2.75) is 26.9 Å². The molecule has 1 unspecified atom stereocenters. The van der Waals surface area contributed by atoms with E-state index in [9.17, 15) is 9.90 Å². The minimum atomic E-state index is -0.611. The van der Waals surface area contributed by atoms with Gasteiger partial charge in [0.1, 0.15) is 18.5 Å². The predicted molar refractivity (Wildman–Crippen MR) is 101 cm³/mol. The van der Waals surface area contributed by atoms with Gasteiger partial charge >= 0.3 is 0 Å². The molecular weight excluding hydrogens is 316 g/mol.